The molecule has 1 N–H and O–H groups in total. The molecule has 174 valence electrons. The van der Waals surface area contributed by atoms with Crippen molar-refractivity contribution in [3.05, 3.63) is 34.4 Å². The molecule has 0 bridgehead atoms. The molecule has 4 rings (SSSR count). The van der Waals surface area contributed by atoms with Crippen molar-refractivity contribution in [3.63, 3.8) is 0 Å². The van der Waals surface area contributed by atoms with Gasteiger partial charge >= 0.3 is 0 Å². The van der Waals surface area contributed by atoms with Gasteiger partial charge in [-0.15, -0.1) is 0 Å². The van der Waals surface area contributed by atoms with Gasteiger partial charge in [0, 0.05) is 43.6 Å². The summed E-state index contributed by atoms with van der Waals surface area (Å²) in [5, 5.41) is 3.08. The molecule has 2 aliphatic rings. The molecule has 0 radical (unpaired) electrons. The van der Waals surface area contributed by atoms with Crippen LogP contribution in [0, 0.1) is 29.4 Å². The van der Waals surface area contributed by atoms with E-state index in [0.29, 0.717) is 36.2 Å². The first-order valence-electron chi connectivity index (χ1n) is 10.8. The highest BCUT2D eigenvalue weighted by molar-refractivity contribution is 6.36. The van der Waals surface area contributed by atoms with Gasteiger partial charge in [-0.2, -0.15) is 0 Å². The maximum Gasteiger partial charge on any atom is 0.228 e. The van der Waals surface area contributed by atoms with Gasteiger partial charge < -0.3 is 5.32 Å². The van der Waals surface area contributed by atoms with Crippen LogP contribution in [0.3, 0.4) is 0 Å². The molecule has 2 fully saturated rings. The highest BCUT2D eigenvalue weighted by atomic mass is 35.5. The normalized spacial score (nSPS) is 19.9. The number of fused-ring (bicyclic) bond motifs is 1. The highest BCUT2D eigenvalue weighted by Crippen LogP contribution is 2.38. The maximum atomic E-state index is 14.0. The number of hydrogen-bond acceptors (Lipinski definition) is 3. The van der Waals surface area contributed by atoms with E-state index in [1.54, 1.807) is 11.8 Å². The van der Waals surface area contributed by atoms with Crippen LogP contribution in [-0.4, -0.2) is 29.9 Å². The molecule has 2 amide bonds. The first-order valence-corrected chi connectivity index (χ1v) is 11.2. The Labute approximate surface area is 192 Å². The van der Waals surface area contributed by atoms with E-state index < -0.39 is 11.6 Å². The van der Waals surface area contributed by atoms with Crippen molar-refractivity contribution in [2.75, 3.05) is 18.0 Å². The number of carbonyl (C=O) groups excluding carboxylic acids is 2. The van der Waals surface area contributed by atoms with Gasteiger partial charge in [-0.3, -0.25) is 14.5 Å². The van der Waals surface area contributed by atoms with Crippen LogP contribution in [-0.2, 0) is 9.59 Å². The van der Waals surface area contributed by atoms with Crippen LogP contribution >= 0.6 is 11.6 Å². The van der Waals surface area contributed by atoms with Gasteiger partial charge in [0.2, 0.25) is 11.8 Å². The fourth-order valence-electron chi connectivity index (χ4n) is 3.95. The molecule has 2 saturated heterocycles. The van der Waals surface area contributed by atoms with Gasteiger partial charge in [0.15, 0.2) is 0 Å². The van der Waals surface area contributed by atoms with E-state index >= 15 is 0 Å². The monoisotopic (exact) mass is 465 g/mol. The van der Waals surface area contributed by atoms with Crippen molar-refractivity contribution in [1.82, 2.24) is 10.3 Å². The second kappa shape index (κ2) is 8.93. The minimum absolute atomic E-state index is 0.0450. The number of aromatic nitrogens is 1. The molecule has 0 aliphatic carbocycles. The average Bonchev–Trinajstić information content (AvgIpc) is 2.69. The number of nitrogens with one attached hydrogen (secondary N) is 1. The van der Waals surface area contributed by atoms with Gasteiger partial charge in [-0.05, 0) is 30.6 Å². The zero-order chi connectivity index (χ0) is 23.8. The molecule has 3 heterocycles. The van der Waals surface area contributed by atoms with E-state index in [2.05, 4.69) is 38.0 Å². The van der Waals surface area contributed by atoms with Gasteiger partial charge in [0.25, 0.3) is 0 Å². The second-order valence-corrected chi connectivity index (χ2v) is 10.6. The summed E-state index contributed by atoms with van der Waals surface area (Å²) in [5.74, 6) is -0.942. The Hall–Kier alpha value is -2.28. The summed E-state index contributed by atoms with van der Waals surface area (Å²) in [6, 6.07) is 1.91. The summed E-state index contributed by atoms with van der Waals surface area (Å²) < 4.78 is 27.5. The quantitative estimate of drug-likeness (QED) is 0.600. The number of carbonyl (C=O) groups is 2. The van der Waals surface area contributed by atoms with Crippen LogP contribution in [0.15, 0.2) is 12.1 Å². The maximum absolute atomic E-state index is 14.0. The molecule has 5 nitrogen and oxygen atoms in total. The van der Waals surface area contributed by atoms with E-state index in [4.69, 9.17) is 11.6 Å². The first kappa shape index (κ1) is 24.4. The zero-order valence-electron chi connectivity index (χ0n) is 19.2. The molecule has 0 saturated carbocycles. The summed E-state index contributed by atoms with van der Waals surface area (Å²) in [4.78, 5) is 28.9. The third-order valence-corrected chi connectivity index (χ3v) is 6.57. The van der Waals surface area contributed by atoms with E-state index in [-0.39, 0.29) is 33.2 Å². The smallest absolute Gasteiger partial charge is 0.228 e. The Kier molecular flexibility index (Phi) is 6.80. The Morgan fingerprint density at radius 1 is 1.06 bits per heavy atom. The molecule has 0 unspecified atom stereocenters. The molecule has 1 aromatic carbocycles. The van der Waals surface area contributed by atoms with Crippen molar-refractivity contribution in [2.24, 2.45) is 10.8 Å². The predicted molar refractivity (Wildman–Crippen MR) is 123 cm³/mol. The predicted octanol–water partition coefficient (Wildman–Crippen LogP) is 5.55. The minimum atomic E-state index is -0.752. The average molecular weight is 466 g/mol. The molecule has 2 aromatic rings. The van der Waals surface area contributed by atoms with Crippen molar-refractivity contribution in [1.29, 1.82) is 0 Å². The lowest BCUT2D eigenvalue weighted by molar-refractivity contribution is -0.124. The van der Waals surface area contributed by atoms with E-state index in [1.807, 2.05) is 0 Å². The standard InChI is InChI=1S/C17H17ClF2N2O.C7H13NO/c1-9-15(18)14-11(20)6-10(19)7-12(14)21-16(9)22-8-17(2,3)5-4-13(22)23;1-7(2)4-3-6(9)8-5-7/h6-7H,4-5,8H2,1-3H3;3-5H2,1-2H3,(H,8,9). The number of benzene rings is 1. The number of nitrogens with zero attached hydrogens (tertiary/aromatic N) is 2. The lowest BCUT2D eigenvalue weighted by atomic mass is 9.83. The number of anilines is 1. The number of halogens is 3. The minimum Gasteiger partial charge on any atom is -0.356 e. The molecule has 0 atom stereocenters. The lowest BCUT2D eigenvalue weighted by Crippen LogP contribution is -2.44. The third kappa shape index (κ3) is 5.37. The van der Waals surface area contributed by atoms with Gasteiger partial charge in [0.1, 0.15) is 17.5 Å². The molecular formula is C24H30ClF2N3O2. The largest absolute Gasteiger partial charge is 0.356 e. The highest BCUT2D eigenvalue weighted by Gasteiger charge is 2.34. The lowest BCUT2D eigenvalue weighted by Gasteiger charge is -2.37. The molecule has 2 aliphatic heterocycles. The van der Waals surface area contributed by atoms with Crippen LogP contribution in [0.25, 0.3) is 10.9 Å². The second-order valence-electron chi connectivity index (χ2n) is 10.2. The molecule has 8 heteroatoms. The molecule has 1 aromatic heterocycles. The Balaban J connectivity index is 0.000000269. The Morgan fingerprint density at radius 2 is 1.72 bits per heavy atom. The fraction of sp³-hybridized carbons (Fsp3) is 0.542. The number of amides is 2. The summed E-state index contributed by atoms with van der Waals surface area (Å²) in [5.41, 5.74) is 0.921. The number of pyridine rings is 1. The summed E-state index contributed by atoms with van der Waals surface area (Å²) in [7, 11) is 0. The number of hydrogen-bond donors (Lipinski definition) is 1. The van der Waals surface area contributed by atoms with Crippen LogP contribution in [0.2, 0.25) is 5.02 Å². The van der Waals surface area contributed by atoms with Crippen molar-refractivity contribution >= 4 is 40.1 Å². The van der Waals surface area contributed by atoms with E-state index in [9.17, 15) is 18.4 Å². The van der Waals surface area contributed by atoms with Crippen molar-refractivity contribution in [3.8, 4) is 0 Å². The van der Waals surface area contributed by atoms with Gasteiger partial charge in [0.05, 0.1) is 15.9 Å². The van der Waals surface area contributed by atoms with E-state index in [1.165, 1.54) is 0 Å². The first-order chi connectivity index (χ1) is 14.8. The molecular weight excluding hydrogens is 436 g/mol. The fourth-order valence-corrected chi connectivity index (χ4v) is 4.22. The number of rotatable bonds is 1. The topological polar surface area (TPSA) is 62.3 Å². The SMILES string of the molecule is CC1(C)CCC(=O)NC1.Cc1c(N2CC(C)(C)CCC2=O)nc2cc(F)cc(F)c2c1Cl. The number of piperidine rings is 2. The van der Waals surface area contributed by atoms with Crippen LogP contribution in [0.5, 0.6) is 0 Å². The molecule has 0 spiro atoms. The zero-order valence-corrected chi connectivity index (χ0v) is 20.0. The van der Waals surface area contributed by atoms with Crippen molar-refractivity contribution in [2.45, 2.75) is 60.3 Å². The summed E-state index contributed by atoms with van der Waals surface area (Å²) in [6.45, 7) is 11.5. The Morgan fingerprint density at radius 3 is 2.31 bits per heavy atom. The summed E-state index contributed by atoms with van der Waals surface area (Å²) >= 11 is 6.29. The third-order valence-electron chi connectivity index (χ3n) is 6.10. The Bertz CT molecular complexity index is 1060. The summed E-state index contributed by atoms with van der Waals surface area (Å²) in [6.07, 6.45) is 2.94. The van der Waals surface area contributed by atoms with Crippen LogP contribution in [0.4, 0.5) is 14.6 Å². The van der Waals surface area contributed by atoms with Crippen LogP contribution in [0.1, 0.15) is 58.9 Å². The van der Waals surface area contributed by atoms with E-state index in [0.717, 1.165) is 31.5 Å². The van der Waals surface area contributed by atoms with Crippen molar-refractivity contribution < 1.29 is 18.4 Å². The van der Waals surface area contributed by atoms with Crippen LogP contribution < -0.4 is 10.2 Å². The van der Waals surface area contributed by atoms with Gasteiger partial charge in [-0.25, -0.2) is 13.8 Å². The van der Waals surface area contributed by atoms with Gasteiger partial charge in [-0.1, -0.05) is 39.3 Å². The molecule has 32 heavy (non-hydrogen) atoms.